The molecular weight excluding hydrogens is 315 g/mol. The Labute approximate surface area is 138 Å². The van der Waals surface area contributed by atoms with Gasteiger partial charge in [0.25, 0.3) is 0 Å². The Morgan fingerprint density at radius 2 is 1.50 bits per heavy atom. The highest BCUT2D eigenvalue weighted by Crippen LogP contribution is 2.51. The average molecular weight is 333 g/mol. The second kappa shape index (κ2) is 5.96. The molecule has 0 aromatic heterocycles. The molecule has 5 heteroatoms. The minimum Gasteiger partial charge on any atom is -0.346 e. The molecule has 126 valence electrons. The summed E-state index contributed by atoms with van der Waals surface area (Å²) < 4.78 is 37.8. The Bertz CT molecular complexity index is 722. The molecule has 0 unspecified atom stereocenters. The van der Waals surface area contributed by atoms with Gasteiger partial charge in [-0.15, -0.1) is 0 Å². The number of fused-ring (bicyclic) bond motifs is 3. The smallest absolute Gasteiger partial charge is 0.346 e. The Kier molecular flexibility index (Phi) is 4.11. The maximum absolute atomic E-state index is 12.9. The number of rotatable bonds is 4. The molecule has 0 saturated heterocycles. The molecule has 0 aliphatic heterocycles. The van der Waals surface area contributed by atoms with Gasteiger partial charge in [-0.3, -0.25) is 4.79 Å². The van der Waals surface area contributed by atoms with Crippen molar-refractivity contribution in [3.05, 3.63) is 59.7 Å². The highest BCUT2D eigenvalue weighted by atomic mass is 19.4. The zero-order valence-corrected chi connectivity index (χ0v) is 13.3. The molecule has 24 heavy (non-hydrogen) atoms. The number of carbonyl (C=O) groups is 1. The van der Waals surface area contributed by atoms with E-state index in [9.17, 15) is 18.0 Å². The minimum atomic E-state index is -4.43. The van der Waals surface area contributed by atoms with Crippen molar-refractivity contribution >= 4 is 5.91 Å². The van der Waals surface area contributed by atoms with Gasteiger partial charge in [0.05, 0.1) is 0 Å². The van der Waals surface area contributed by atoms with E-state index in [1.54, 1.807) is 0 Å². The fourth-order valence-corrected chi connectivity index (χ4v) is 3.66. The normalized spacial score (nSPS) is 14.8. The van der Waals surface area contributed by atoms with E-state index >= 15 is 0 Å². The van der Waals surface area contributed by atoms with Gasteiger partial charge in [0.2, 0.25) is 5.91 Å². The maximum Gasteiger partial charge on any atom is 0.405 e. The summed E-state index contributed by atoms with van der Waals surface area (Å²) >= 11 is 0. The van der Waals surface area contributed by atoms with Crippen molar-refractivity contribution in [3.63, 3.8) is 0 Å². The number of halogens is 3. The van der Waals surface area contributed by atoms with E-state index in [-0.39, 0.29) is 0 Å². The molecule has 1 N–H and O–H groups in total. The topological polar surface area (TPSA) is 29.1 Å². The van der Waals surface area contributed by atoms with E-state index < -0.39 is 24.0 Å². The average Bonchev–Trinajstić information content (AvgIpc) is 2.84. The summed E-state index contributed by atoms with van der Waals surface area (Å²) in [6.07, 6.45) is -3.28. The van der Waals surface area contributed by atoms with Gasteiger partial charge in [-0.1, -0.05) is 61.9 Å². The molecular formula is C19H18F3NO. The first-order valence-corrected chi connectivity index (χ1v) is 7.94. The summed E-state index contributed by atoms with van der Waals surface area (Å²) in [4.78, 5) is 12.9. The van der Waals surface area contributed by atoms with E-state index in [0.717, 1.165) is 22.3 Å². The Morgan fingerprint density at radius 1 is 1.00 bits per heavy atom. The van der Waals surface area contributed by atoms with Crippen molar-refractivity contribution in [1.29, 1.82) is 0 Å². The summed E-state index contributed by atoms with van der Waals surface area (Å²) in [5, 5.41) is 2.11. The third-order valence-corrected chi connectivity index (χ3v) is 4.53. The predicted octanol–water partition coefficient (Wildman–Crippen LogP) is 4.43. The first-order chi connectivity index (χ1) is 11.4. The minimum absolute atomic E-state index is 0.463. The molecule has 1 aliphatic rings. The zero-order valence-electron chi connectivity index (χ0n) is 13.3. The maximum atomic E-state index is 12.9. The lowest BCUT2D eigenvalue weighted by Gasteiger charge is -2.30. The van der Waals surface area contributed by atoms with Crippen LogP contribution in [0.3, 0.4) is 0 Å². The summed E-state index contributed by atoms with van der Waals surface area (Å²) in [6.45, 7) is 0.615. The van der Waals surface area contributed by atoms with Gasteiger partial charge in [0.1, 0.15) is 12.0 Å². The fraction of sp³-hybridized carbons (Fsp3) is 0.316. The SMILES string of the molecule is CCCC1(C(=O)NCC(F)(F)F)c2ccccc2-c2ccccc21. The molecule has 0 atom stereocenters. The predicted molar refractivity (Wildman–Crippen MR) is 86.6 cm³/mol. The van der Waals surface area contributed by atoms with Crippen LogP contribution < -0.4 is 5.32 Å². The fourth-order valence-electron chi connectivity index (χ4n) is 3.66. The van der Waals surface area contributed by atoms with Crippen molar-refractivity contribution in [3.8, 4) is 11.1 Å². The van der Waals surface area contributed by atoms with E-state index in [1.807, 2.05) is 55.5 Å². The quantitative estimate of drug-likeness (QED) is 0.881. The lowest BCUT2D eigenvalue weighted by Crippen LogP contribution is -2.47. The molecule has 1 aliphatic carbocycles. The number of hydrogen-bond acceptors (Lipinski definition) is 1. The molecule has 2 aromatic rings. The number of carbonyl (C=O) groups excluding carboxylic acids is 1. The van der Waals surface area contributed by atoms with Crippen LogP contribution in [0.5, 0.6) is 0 Å². The van der Waals surface area contributed by atoms with Crippen LogP contribution in [-0.4, -0.2) is 18.6 Å². The summed E-state index contributed by atoms with van der Waals surface area (Å²) in [6, 6.07) is 14.9. The van der Waals surface area contributed by atoms with Gasteiger partial charge in [-0.2, -0.15) is 13.2 Å². The van der Waals surface area contributed by atoms with Gasteiger partial charge in [0.15, 0.2) is 0 Å². The van der Waals surface area contributed by atoms with Crippen molar-refractivity contribution in [2.75, 3.05) is 6.54 Å². The molecule has 3 rings (SSSR count). The van der Waals surface area contributed by atoms with Crippen molar-refractivity contribution < 1.29 is 18.0 Å². The summed E-state index contributed by atoms with van der Waals surface area (Å²) in [5.41, 5.74) is 2.35. The van der Waals surface area contributed by atoms with Crippen molar-refractivity contribution in [1.82, 2.24) is 5.32 Å². The van der Waals surface area contributed by atoms with Gasteiger partial charge >= 0.3 is 6.18 Å². The number of amides is 1. The number of nitrogens with one attached hydrogen (secondary N) is 1. The van der Waals surface area contributed by atoms with Crippen LogP contribution in [-0.2, 0) is 10.2 Å². The highest BCUT2D eigenvalue weighted by molar-refractivity contribution is 6.00. The molecule has 0 fully saturated rings. The first-order valence-electron chi connectivity index (χ1n) is 7.94. The van der Waals surface area contributed by atoms with Gasteiger partial charge in [0, 0.05) is 0 Å². The van der Waals surface area contributed by atoms with Crippen LogP contribution in [0.4, 0.5) is 13.2 Å². The van der Waals surface area contributed by atoms with E-state index in [1.165, 1.54) is 0 Å². The summed E-state index contributed by atoms with van der Waals surface area (Å²) in [7, 11) is 0. The molecule has 0 radical (unpaired) electrons. The lowest BCUT2D eigenvalue weighted by atomic mass is 9.74. The van der Waals surface area contributed by atoms with Crippen LogP contribution in [0, 0.1) is 0 Å². The lowest BCUT2D eigenvalue weighted by molar-refractivity contribution is -0.141. The third-order valence-electron chi connectivity index (χ3n) is 4.53. The number of benzene rings is 2. The number of alkyl halides is 3. The summed E-state index contributed by atoms with van der Waals surface area (Å²) in [5.74, 6) is -0.584. The second-order valence-corrected chi connectivity index (χ2v) is 6.04. The van der Waals surface area contributed by atoms with Gasteiger partial charge in [-0.25, -0.2) is 0 Å². The standard InChI is InChI=1S/C19H18F3NO/c1-2-11-18(17(24)23-12-19(20,21)22)15-9-5-3-7-13(15)14-8-4-6-10-16(14)18/h3-10H,2,11-12H2,1H3,(H,23,24). The van der Waals surface area contributed by atoms with Gasteiger partial charge < -0.3 is 5.32 Å². The van der Waals surface area contributed by atoms with Crippen LogP contribution in [0.1, 0.15) is 30.9 Å². The van der Waals surface area contributed by atoms with Crippen LogP contribution >= 0.6 is 0 Å². The Balaban J connectivity index is 2.14. The van der Waals surface area contributed by atoms with Crippen LogP contribution in [0.15, 0.2) is 48.5 Å². The second-order valence-electron chi connectivity index (χ2n) is 6.04. The van der Waals surface area contributed by atoms with E-state index in [0.29, 0.717) is 12.8 Å². The molecule has 0 saturated carbocycles. The molecule has 0 spiro atoms. The zero-order chi connectivity index (χ0) is 17.4. The van der Waals surface area contributed by atoms with Crippen LogP contribution in [0.25, 0.3) is 11.1 Å². The van der Waals surface area contributed by atoms with Crippen molar-refractivity contribution in [2.24, 2.45) is 0 Å². The van der Waals surface area contributed by atoms with E-state index in [4.69, 9.17) is 0 Å². The van der Waals surface area contributed by atoms with Crippen LogP contribution in [0.2, 0.25) is 0 Å². The highest BCUT2D eigenvalue weighted by Gasteiger charge is 2.48. The third kappa shape index (κ3) is 2.58. The Morgan fingerprint density at radius 3 is 1.96 bits per heavy atom. The molecule has 0 bridgehead atoms. The van der Waals surface area contributed by atoms with E-state index in [2.05, 4.69) is 5.32 Å². The first kappa shape index (κ1) is 16.6. The molecule has 2 aromatic carbocycles. The number of hydrogen-bond donors (Lipinski definition) is 1. The largest absolute Gasteiger partial charge is 0.405 e. The molecule has 0 heterocycles. The van der Waals surface area contributed by atoms with Gasteiger partial charge in [-0.05, 0) is 28.7 Å². The molecule has 1 amide bonds. The van der Waals surface area contributed by atoms with Crippen molar-refractivity contribution in [2.45, 2.75) is 31.4 Å². The molecule has 2 nitrogen and oxygen atoms in total. The monoisotopic (exact) mass is 333 g/mol. The Hall–Kier alpha value is -2.30.